The second-order valence-electron chi connectivity index (χ2n) is 5.65. The van der Waals surface area contributed by atoms with Crippen LogP contribution in [0.1, 0.15) is 19.7 Å². The maximum Gasteiger partial charge on any atom is 0.242 e. The second-order valence-corrected chi connectivity index (χ2v) is 7.54. The van der Waals surface area contributed by atoms with Gasteiger partial charge in [0.1, 0.15) is 27.6 Å². The summed E-state index contributed by atoms with van der Waals surface area (Å²) >= 11 is 0. The number of aromatic amines is 1. The lowest BCUT2D eigenvalue weighted by molar-refractivity contribution is 0.235. The average Bonchev–Trinajstić information content (AvgIpc) is 2.84. The molecule has 0 radical (unpaired) electrons. The van der Waals surface area contributed by atoms with Crippen molar-refractivity contribution in [3.63, 3.8) is 0 Å². The van der Waals surface area contributed by atoms with Crippen molar-refractivity contribution in [3.05, 3.63) is 36.2 Å². The largest absolute Gasteiger partial charge is 0.473 e. The summed E-state index contributed by atoms with van der Waals surface area (Å²) in [4.78, 5) is 11.5. The Bertz CT molecular complexity index is 995. The van der Waals surface area contributed by atoms with Gasteiger partial charge in [0, 0.05) is 0 Å². The summed E-state index contributed by atoms with van der Waals surface area (Å²) in [6.07, 6.45) is -0.124. The van der Waals surface area contributed by atoms with Crippen molar-refractivity contribution >= 4 is 26.7 Å². The van der Waals surface area contributed by atoms with Gasteiger partial charge in [-0.25, -0.2) is 13.4 Å². The number of nitrogens with zero attached hydrogens (tertiary/aromatic N) is 2. The fourth-order valence-electron chi connectivity index (χ4n) is 2.44. The molecule has 0 spiro atoms. The molecule has 24 heavy (non-hydrogen) atoms. The molecule has 8 heteroatoms. The van der Waals surface area contributed by atoms with Gasteiger partial charge in [-0.2, -0.15) is 4.98 Å². The van der Waals surface area contributed by atoms with Gasteiger partial charge in [-0.05, 0) is 32.9 Å². The first-order valence-corrected chi connectivity index (χ1v) is 8.91. The van der Waals surface area contributed by atoms with E-state index in [0.29, 0.717) is 11.3 Å². The molecule has 3 N–H and O–H groups in total. The first kappa shape index (κ1) is 16.3. The number of fused-ring (bicyclic) bond motifs is 1. The SMILES string of the molecule is Cc1nc(OC(C)C)c2[nH]c(N)c(S(=O)(=O)c3ccccc3)c2n1. The molecule has 0 saturated heterocycles. The van der Waals surface area contributed by atoms with Crippen molar-refractivity contribution in [1.29, 1.82) is 0 Å². The number of nitrogens with two attached hydrogens (primary N) is 1. The van der Waals surface area contributed by atoms with Crippen LogP contribution in [0.15, 0.2) is 40.1 Å². The molecule has 3 rings (SSSR count). The van der Waals surface area contributed by atoms with Gasteiger partial charge >= 0.3 is 0 Å². The second kappa shape index (κ2) is 5.79. The van der Waals surface area contributed by atoms with E-state index in [1.165, 1.54) is 12.1 Å². The van der Waals surface area contributed by atoms with Gasteiger partial charge in [0.2, 0.25) is 15.7 Å². The van der Waals surface area contributed by atoms with Crippen molar-refractivity contribution < 1.29 is 13.2 Å². The van der Waals surface area contributed by atoms with E-state index in [2.05, 4.69) is 15.0 Å². The van der Waals surface area contributed by atoms with Gasteiger partial charge < -0.3 is 15.5 Å². The monoisotopic (exact) mass is 346 g/mol. The molecule has 126 valence electrons. The summed E-state index contributed by atoms with van der Waals surface area (Å²) in [5.41, 5.74) is 6.58. The number of nitrogens with one attached hydrogen (secondary N) is 1. The van der Waals surface area contributed by atoms with Crippen molar-refractivity contribution in [3.8, 4) is 5.88 Å². The number of ether oxygens (including phenoxy) is 1. The average molecular weight is 346 g/mol. The van der Waals surface area contributed by atoms with Crippen molar-refractivity contribution in [2.45, 2.75) is 36.7 Å². The minimum atomic E-state index is -3.82. The number of hydrogen-bond donors (Lipinski definition) is 2. The number of H-pyrrole nitrogens is 1. The Balaban J connectivity index is 2.30. The molecule has 2 aromatic heterocycles. The lowest BCUT2D eigenvalue weighted by atomic mass is 10.4. The first-order chi connectivity index (χ1) is 11.3. The van der Waals surface area contributed by atoms with Gasteiger partial charge in [-0.1, -0.05) is 18.2 Å². The maximum atomic E-state index is 13.0. The van der Waals surface area contributed by atoms with Gasteiger partial charge in [0.15, 0.2) is 0 Å². The van der Waals surface area contributed by atoms with Crippen LogP contribution in [0.25, 0.3) is 11.0 Å². The third-order valence-corrected chi connectivity index (χ3v) is 5.22. The summed E-state index contributed by atoms with van der Waals surface area (Å²) in [5, 5.41) is 0. The Kier molecular flexibility index (Phi) is 3.92. The normalized spacial score (nSPS) is 12.0. The van der Waals surface area contributed by atoms with Crippen LogP contribution in [0.5, 0.6) is 5.88 Å². The number of sulfone groups is 1. The number of anilines is 1. The van der Waals surface area contributed by atoms with E-state index in [4.69, 9.17) is 10.5 Å². The fraction of sp³-hybridized carbons (Fsp3) is 0.250. The minimum Gasteiger partial charge on any atom is -0.473 e. The Labute approximate surface area is 139 Å². The zero-order valence-electron chi connectivity index (χ0n) is 13.6. The molecule has 0 aliphatic heterocycles. The van der Waals surface area contributed by atoms with E-state index in [-0.39, 0.29) is 33.1 Å². The van der Waals surface area contributed by atoms with Gasteiger partial charge in [0.05, 0.1) is 11.0 Å². The number of aromatic nitrogens is 3. The molecule has 0 fully saturated rings. The zero-order chi connectivity index (χ0) is 17.5. The summed E-state index contributed by atoms with van der Waals surface area (Å²) in [5.74, 6) is 0.706. The summed E-state index contributed by atoms with van der Waals surface area (Å²) in [6, 6.07) is 8.11. The first-order valence-electron chi connectivity index (χ1n) is 7.43. The number of benzene rings is 1. The molecule has 2 heterocycles. The van der Waals surface area contributed by atoms with Crippen molar-refractivity contribution in [1.82, 2.24) is 15.0 Å². The lowest BCUT2D eigenvalue weighted by Crippen LogP contribution is -2.09. The molecule has 0 amide bonds. The van der Waals surface area contributed by atoms with Gasteiger partial charge in [-0.3, -0.25) is 0 Å². The van der Waals surface area contributed by atoms with E-state index >= 15 is 0 Å². The summed E-state index contributed by atoms with van der Waals surface area (Å²) < 4.78 is 31.6. The van der Waals surface area contributed by atoms with Crippen LogP contribution < -0.4 is 10.5 Å². The molecule has 0 atom stereocenters. The molecular formula is C16H18N4O3S. The number of aryl methyl sites for hydroxylation is 1. The predicted molar refractivity (Wildman–Crippen MR) is 90.7 cm³/mol. The van der Waals surface area contributed by atoms with Crippen molar-refractivity contribution in [2.75, 3.05) is 5.73 Å². The third kappa shape index (κ3) is 2.69. The van der Waals surface area contributed by atoms with E-state index in [1.54, 1.807) is 25.1 Å². The summed E-state index contributed by atoms with van der Waals surface area (Å²) in [7, 11) is -3.82. The quantitative estimate of drug-likeness (QED) is 0.751. The van der Waals surface area contributed by atoms with Crippen molar-refractivity contribution in [2.24, 2.45) is 0 Å². The highest BCUT2D eigenvalue weighted by atomic mass is 32.2. The topological polar surface area (TPSA) is 111 Å². The minimum absolute atomic E-state index is 0.0161. The molecule has 3 aromatic rings. The zero-order valence-corrected chi connectivity index (χ0v) is 14.4. The molecule has 1 aromatic carbocycles. The Morgan fingerprint density at radius 3 is 2.46 bits per heavy atom. The third-order valence-electron chi connectivity index (χ3n) is 3.38. The van der Waals surface area contributed by atoms with E-state index in [0.717, 1.165) is 0 Å². The predicted octanol–water partition coefficient (Wildman–Crippen LogP) is 2.47. The highest BCUT2D eigenvalue weighted by molar-refractivity contribution is 7.92. The molecular weight excluding hydrogens is 328 g/mol. The standard InChI is InChI=1S/C16H18N4O3S/c1-9(2)23-16-13-12(18-10(3)19-16)14(15(17)20-13)24(21,22)11-7-5-4-6-8-11/h4-9,20H,17H2,1-3H3. The molecule has 0 aliphatic rings. The van der Waals surface area contributed by atoms with Crippen LogP contribution in [0.3, 0.4) is 0 Å². The van der Waals surface area contributed by atoms with Crippen LogP contribution in [-0.4, -0.2) is 29.5 Å². The lowest BCUT2D eigenvalue weighted by Gasteiger charge is -2.10. The highest BCUT2D eigenvalue weighted by Crippen LogP contribution is 2.35. The van der Waals surface area contributed by atoms with Gasteiger partial charge in [-0.15, -0.1) is 0 Å². The van der Waals surface area contributed by atoms with E-state index < -0.39 is 9.84 Å². The number of rotatable bonds is 4. The van der Waals surface area contributed by atoms with Crippen LogP contribution >= 0.6 is 0 Å². The molecule has 0 unspecified atom stereocenters. The Morgan fingerprint density at radius 2 is 1.83 bits per heavy atom. The van der Waals surface area contributed by atoms with Crippen LogP contribution in [0.2, 0.25) is 0 Å². The van der Waals surface area contributed by atoms with Crippen LogP contribution in [-0.2, 0) is 9.84 Å². The number of nitrogen functional groups attached to an aromatic ring is 1. The van der Waals surface area contributed by atoms with E-state index in [9.17, 15) is 8.42 Å². The summed E-state index contributed by atoms with van der Waals surface area (Å²) in [6.45, 7) is 5.39. The van der Waals surface area contributed by atoms with Gasteiger partial charge in [0.25, 0.3) is 0 Å². The molecule has 0 saturated carbocycles. The highest BCUT2D eigenvalue weighted by Gasteiger charge is 2.28. The fourth-order valence-corrected chi connectivity index (χ4v) is 3.93. The maximum absolute atomic E-state index is 13.0. The molecule has 0 aliphatic carbocycles. The van der Waals surface area contributed by atoms with E-state index in [1.807, 2.05) is 13.8 Å². The molecule has 0 bridgehead atoms. The number of hydrogen-bond acceptors (Lipinski definition) is 6. The van der Waals surface area contributed by atoms with Crippen LogP contribution in [0.4, 0.5) is 5.82 Å². The Hall–Kier alpha value is -2.61. The van der Waals surface area contributed by atoms with Crippen LogP contribution in [0, 0.1) is 6.92 Å². The Morgan fingerprint density at radius 1 is 1.17 bits per heavy atom. The molecule has 7 nitrogen and oxygen atoms in total. The smallest absolute Gasteiger partial charge is 0.242 e.